The largest absolute Gasteiger partial charge is 0.504 e. The van der Waals surface area contributed by atoms with E-state index in [2.05, 4.69) is 192 Å². The second-order valence-electron chi connectivity index (χ2n) is 13.8. The molecule has 10 rings (SSSR count). The van der Waals surface area contributed by atoms with Gasteiger partial charge in [-0.25, -0.2) is 4.98 Å². The minimum absolute atomic E-state index is 0. The minimum Gasteiger partial charge on any atom is -0.504 e. The number of nitrogens with zero attached hydrogens (tertiary/aromatic N) is 6. The molecule has 1 radical (unpaired) electrons. The molecule has 4 heterocycles. The van der Waals surface area contributed by atoms with E-state index in [0.29, 0.717) is 0 Å². The van der Waals surface area contributed by atoms with Crippen molar-refractivity contribution in [3.63, 3.8) is 0 Å². The Balaban J connectivity index is 0.000000199. The van der Waals surface area contributed by atoms with Crippen LogP contribution in [0.25, 0.3) is 27.6 Å². The number of pyridine rings is 1. The molecule has 2 aliphatic rings. The van der Waals surface area contributed by atoms with Crippen LogP contribution in [0.5, 0.6) is 0 Å². The summed E-state index contributed by atoms with van der Waals surface area (Å²) in [4.78, 5) is 13.6. The molecule has 1 unspecified atom stereocenters. The molecule has 0 aliphatic carbocycles. The van der Waals surface area contributed by atoms with Crippen molar-refractivity contribution >= 4 is 44.6 Å². The van der Waals surface area contributed by atoms with Gasteiger partial charge in [0.2, 0.25) is 0 Å². The first-order valence-corrected chi connectivity index (χ1v) is 18.2. The molecular formula is C48H39IrN6-5. The van der Waals surface area contributed by atoms with Crippen molar-refractivity contribution in [3.05, 3.63) is 206 Å². The maximum absolute atomic E-state index is 4.70. The van der Waals surface area contributed by atoms with Gasteiger partial charge < -0.3 is 24.2 Å². The summed E-state index contributed by atoms with van der Waals surface area (Å²) in [5.41, 5.74) is 9.76. The van der Waals surface area contributed by atoms with Gasteiger partial charge in [-0.2, -0.15) is 92.2 Å². The number of para-hydroxylation sites is 5. The van der Waals surface area contributed by atoms with Gasteiger partial charge in [0.15, 0.2) is 0 Å². The van der Waals surface area contributed by atoms with Gasteiger partial charge in [0.1, 0.15) is 5.82 Å². The standard InChI is InChI=1S/C33H25N4.C15H14N2.Ir/c1-33(24-12-4-3-5-13-24,36-23-35(2)29-16-8-9-17-30(29)36)25-19-20-27-26-14-6-7-15-28(26)37(31(27)22-25)32-18-10-11-21-34-32;1-16-12-17(11-13-7-3-2-4-8-13)15-10-6-5-9-14(15)16;/h3-12,14-21,23H,1-2H3;2-7,9-10,12H,11H2,1H3;/q-3;-2;. The molecule has 0 saturated carbocycles. The van der Waals surface area contributed by atoms with Crippen LogP contribution in [0.2, 0.25) is 0 Å². The van der Waals surface area contributed by atoms with Gasteiger partial charge in [-0.15, -0.1) is 22.1 Å². The number of fused-ring (bicyclic) bond motifs is 5. The molecule has 2 aliphatic heterocycles. The summed E-state index contributed by atoms with van der Waals surface area (Å²) in [6.45, 7) is 7.43. The third-order valence-corrected chi connectivity index (χ3v) is 10.5. The maximum atomic E-state index is 4.70. The second-order valence-corrected chi connectivity index (χ2v) is 13.8. The van der Waals surface area contributed by atoms with Crippen molar-refractivity contribution in [2.45, 2.75) is 19.0 Å². The van der Waals surface area contributed by atoms with Crippen molar-refractivity contribution in [1.29, 1.82) is 0 Å². The molecule has 0 fully saturated rings. The molecule has 275 valence electrons. The molecule has 7 heteroatoms. The Labute approximate surface area is 337 Å². The molecule has 6 aromatic carbocycles. The van der Waals surface area contributed by atoms with Crippen LogP contribution in [0, 0.1) is 31.5 Å². The Morgan fingerprint density at radius 3 is 1.98 bits per heavy atom. The molecule has 55 heavy (non-hydrogen) atoms. The van der Waals surface area contributed by atoms with Crippen LogP contribution in [0.4, 0.5) is 22.7 Å². The van der Waals surface area contributed by atoms with E-state index < -0.39 is 5.54 Å². The number of hydrogen-bond acceptors (Lipinski definition) is 5. The summed E-state index contributed by atoms with van der Waals surface area (Å²) in [6, 6.07) is 63.0. The van der Waals surface area contributed by atoms with Crippen LogP contribution < -0.4 is 19.6 Å². The molecule has 0 bridgehead atoms. The number of anilines is 4. The van der Waals surface area contributed by atoms with Crippen molar-refractivity contribution in [2.24, 2.45) is 0 Å². The molecule has 0 N–H and O–H groups in total. The van der Waals surface area contributed by atoms with E-state index in [1.807, 2.05) is 42.6 Å². The summed E-state index contributed by atoms with van der Waals surface area (Å²) in [7, 11) is 4.17. The Hall–Kier alpha value is -5.88. The topological polar surface area (TPSA) is 30.8 Å². The van der Waals surface area contributed by atoms with Crippen LogP contribution in [0.15, 0.2) is 158 Å². The number of aromatic nitrogens is 2. The van der Waals surface area contributed by atoms with E-state index in [0.717, 1.165) is 45.6 Å². The maximum Gasteiger partial charge on any atom is 0.135 e. The third kappa shape index (κ3) is 6.43. The Bertz CT molecular complexity index is 2560. The molecular weight excluding hydrogens is 853 g/mol. The van der Waals surface area contributed by atoms with E-state index in [9.17, 15) is 0 Å². The first-order chi connectivity index (χ1) is 26.5. The molecule has 6 nitrogen and oxygen atoms in total. The smallest absolute Gasteiger partial charge is 0.135 e. The van der Waals surface area contributed by atoms with Gasteiger partial charge in [-0.3, -0.25) is 0 Å². The van der Waals surface area contributed by atoms with E-state index in [4.69, 9.17) is 4.98 Å². The minimum atomic E-state index is -0.554. The van der Waals surface area contributed by atoms with Crippen LogP contribution in [0.3, 0.4) is 0 Å². The predicted octanol–water partition coefficient (Wildman–Crippen LogP) is 10.2. The fourth-order valence-corrected chi connectivity index (χ4v) is 7.80. The van der Waals surface area contributed by atoms with Gasteiger partial charge >= 0.3 is 0 Å². The average Bonchev–Trinajstić information content (AvgIpc) is 3.87. The van der Waals surface area contributed by atoms with Crippen LogP contribution in [0.1, 0.15) is 23.6 Å². The zero-order chi connectivity index (χ0) is 36.6. The summed E-state index contributed by atoms with van der Waals surface area (Å²) < 4.78 is 2.22. The Kier molecular flexibility index (Phi) is 9.91. The predicted molar refractivity (Wildman–Crippen MR) is 221 cm³/mol. The van der Waals surface area contributed by atoms with Gasteiger partial charge in [-0.1, -0.05) is 54.0 Å². The van der Waals surface area contributed by atoms with Crippen molar-refractivity contribution in [1.82, 2.24) is 9.55 Å². The number of hydrogen-bond donors (Lipinski definition) is 0. The quantitative estimate of drug-likeness (QED) is 0.155. The molecule has 8 aromatic rings. The number of rotatable bonds is 6. The summed E-state index contributed by atoms with van der Waals surface area (Å²) in [6.07, 6.45) is 1.84. The molecule has 2 aromatic heterocycles. The van der Waals surface area contributed by atoms with Gasteiger partial charge in [-0.05, 0) is 75.4 Å². The van der Waals surface area contributed by atoms with Crippen molar-refractivity contribution < 1.29 is 20.1 Å². The SMILES string of the molecule is CN1[CH-]N(C(C)(c2[c-]cccc2)c2[c-]c3c(cc2)c2ccccc2n3-c2ccccn2)c2ccccc21.CN1[CH-]N(Cc2[c-]cccc2)c2ccccc21.[Ir]. The molecule has 0 spiro atoms. The first kappa shape index (κ1) is 36.1. The fraction of sp³-hybridized carbons (Fsp3) is 0.104. The molecule has 0 saturated heterocycles. The van der Waals surface area contributed by atoms with E-state index in [-0.39, 0.29) is 20.1 Å². The van der Waals surface area contributed by atoms with E-state index in [1.54, 1.807) is 0 Å². The third-order valence-electron chi connectivity index (χ3n) is 10.5. The zero-order valence-electron chi connectivity index (χ0n) is 30.9. The van der Waals surface area contributed by atoms with Gasteiger partial charge in [0.25, 0.3) is 0 Å². The van der Waals surface area contributed by atoms with Gasteiger partial charge in [0.05, 0.1) is 0 Å². The van der Waals surface area contributed by atoms with Crippen molar-refractivity contribution in [2.75, 3.05) is 33.7 Å². The van der Waals surface area contributed by atoms with Crippen LogP contribution in [-0.4, -0.2) is 23.6 Å². The van der Waals surface area contributed by atoms with E-state index in [1.165, 1.54) is 28.0 Å². The monoisotopic (exact) mass is 892 g/mol. The Morgan fingerprint density at radius 2 is 1.25 bits per heavy atom. The fourth-order valence-electron chi connectivity index (χ4n) is 7.80. The Morgan fingerprint density at radius 1 is 0.600 bits per heavy atom. The zero-order valence-corrected chi connectivity index (χ0v) is 33.3. The average molecular weight is 892 g/mol. The second kappa shape index (κ2) is 15.1. The summed E-state index contributed by atoms with van der Waals surface area (Å²) in [5.74, 6) is 0.882. The summed E-state index contributed by atoms with van der Waals surface area (Å²) in [5, 5.41) is 2.35. The molecule has 0 amide bonds. The molecule has 1 atom stereocenters. The van der Waals surface area contributed by atoms with Crippen LogP contribution >= 0.6 is 0 Å². The summed E-state index contributed by atoms with van der Waals surface area (Å²) >= 11 is 0. The normalized spacial score (nSPS) is 14.2. The number of benzene rings is 6. The van der Waals surface area contributed by atoms with Crippen LogP contribution in [-0.2, 0) is 32.2 Å². The van der Waals surface area contributed by atoms with Gasteiger partial charge in [0, 0.05) is 60.1 Å². The first-order valence-electron chi connectivity index (χ1n) is 18.2. The van der Waals surface area contributed by atoms with Crippen molar-refractivity contribution in [3.8, 4) is 5.82 Å². The van der Waals surface area contributed by atoms with E-state index >= 15 is 0 Å².